The van der Waals surface area contributed by atoms with E-state index in [1.54, 1.807) is 0 Å². The van der Waals surface area contributed by atoms with E-state index in [9.17, 15) is 12.8 Å². The number of fused-ring (bicyclic) bond motifs is 1. The van der Waals surface area contributed by atoms with E-state index in [0.29, 0.717) is 12.0 Å². The van der Waals surface area contributed by atoms with E-state index in [0.717, 1.165) is 6.20 Å². The number of ether oxygens (including phenoxy) is 1. The van der Waals surface area contributed by atoms with Crippen LogP contribution < -0.4 is 9.46 Å². The molecular weight excluding hydrogens is 397 g/mol. The minimum atomic E-state index is -4.10. The molecule has 3 aromatic rings. The predicted molar refractivity (Wildman–Crippen MR) is 96.6 cm³/mol. The average molecular weight is 410 g/mol. The van der Waals surface area contributed by atoms with Crippen molar-refractivity contribution in [3.63, 3.8) is 0 Å². The summed E-state index contributed by atoms with van der Waals surface area (Å²) in [6, 6.07) is 4.67. The Morgan fingerprint density at radius 1 is 1.44 bits per heavy atom. The van der Waals surface area contributed by atoms with Gasteiger partial charge < -0.3 is 9.72 Å². The lowest BCUT2D eigenvalue weighted by atomic mass is 10.2. The van der Waals surface area contributed by atoms with Gasteiger partial charge in [0, 0.05) is 29.8 Å². The maximum Gasteiger partial charge on any atom is 0.266 e. The van der Waals surface area contributed by atoms with Crippen LogP contribution >= 0.6 is 11.6 Å². The van der Waals surface area contributed by atoms with Crippen LogP contribution in [0.4, 0.5) is 10.3 Å². The first kappa shape index (κ1) is 18.9. The summed E-state index contributed by atoms with van der Waals surface area (Å²) in [5, 5.41) is 8.68. The third kappa shape index (κ3) is 3.65. The number of nitrogens with one attached hydrogen (secondary N) is 2. The first-order chi connectivity index (χ1) is 12.9. The number of hydrogen-bond acceptors (Lipinski definition) is 6. The molecule has 0 saturated heterocycles. The third-order valence-corrected chi connectivity index (χ3v) is 5.41. The molecule has 0 unspecified atom stereocenters. The van der Waals surface area contributed by atoms with Crippen molar-refractivity contribution in [2.45, 2.75) is 17.7 Å². The highest BCUT2D eigenvalue weighted by Crippen LogP contribution is 2.29. The first-order valence-electron chi connectivity index (χ1n) is 7.62. The molecule has 0 aliphatic heterocycles. The highest BCUT2D eigenvalue weighted by atomic mass is 35.5. The largest absolute Gasteiger partial charge is 0.481 e. The van der Waals surface area contributed by atoms with E-state index in [4.69, 9.17) is 21.6 Å². The fourth-order valence-electron chi connectivity index (χ4n) is 2.49. The first-order valence-corrected chi connectivity index (χ1v) is 9.48. The van der Waals surface area contributed by atoms with Gasteiger partial charge in [0.05, 0.1) is 23.7 Å². The van der Waals surface area contributed by atoms with Gasteiger partial charge in [-0.05, 0) is 18.6 Å². The molecule has 0 aliphatic carbocycles. The second-order valence-electron chi connectivity index (χ2n) is 5.43. The van der Waals surface area contributed by atoms with Gasteiger partial charge in [-0.1, -0.05) is 11.6 Å². The number of H-pyrrole nitrogens is 1. The minimum Gasteiger partial charge on any atom is -0.481 e. The van der Waals surface area contributed by atoms with Crippen molar-refractivity contribution in [2.75, 3.05) is 11.8 Å². The van der Waals surface area contributed by atoms with Crippen molar-refractivity contribution in [1.82, 2.24) is 15.0 Å². The number of aryl methyl sites for hydroxylation is 1. The normalized spacial score (nSPS) is 11.3. The number of methoxy groups -OCH3 is 1. The Hall–Kier alpha value is -2.90. The van der Waals surface area contributed by atoms with E-state index in [2.05, 4.69) is 19.7 Å². The number of sulfonamides is 1. The van der Waals surface area contributed by atoms with Gasteiger partial charge in [0.2, 0.25) is 11.8 Å². The van der Waals surface area contributed by atoms with Gasteiger partial charge in [-0.25, -0.2) is 22.5 Å². The highest BCUT2D eigenvalue weighted by Gasteiger charge is 2.23. The molecule has 1 aromatic carbocycles. The summed E-state index contributed by atoms with van der Waals surface area (Å²) in [5.74, 6) is -0.790. The van der Waals surface area contributed by atoms with Gasteiger partial charge in [0.1, 0.15) is 4.90 Å². The summed E-state index contributed by atoms with van der Waals surface area (Å²) >= 11 is 5.71. The lowest BCUT2D eigenvalue weighted by Gasteiger charge is -2.09. The van der Waals surface area contributed by atoms with Crippen LogP contribution in [0.1, 0.15) is 12.0 Å². The number of aromatic amines is 1. The fourth-order valence-corrected chi connectivity index (χ4v) is 3.77. The fraction of sp³-hybridized carbons (Fsp3) is 0.188. The lowest BCUT2D eigenvalue weighted by Crippen LogP contribution is -2.15. The van der Waals surface area contributed by atoms with Crippen LogP contribution in [-0.2, 0) is 16.4 Å². The molecular formula is C16H13ClFN5O3S. The maximum absolute atomic E-state index is 14.0. The molecule has 140 valence electrons. The maximum atomic E-state index is 14.0. The summed E-state index contributed by atoms with van der Waals surface area (Å²) in [6.07, 6.45) is 3.16. The summed E-state index contributed by atoms with van der Waals surface area (Å²) in [5.41, 5.74) is 0.555. The Morgan fingerprint density at radius 2 is 2.22 bits per heavy atom. The monoisotopic (exact) mass is 409 g/mol. The smallest absolute Gasteiger partial charge is 0.266 e. The number of nitrogens with zero attached hydrogens (tertiary/aromatic N) is 3. The third-order valence-electron chi connectivity index (χ3n) is 3.75. The second-order valence-corrected chi connectivity index (χ2v) is 7.49. The topological polar surface area (TPSA) is 121 Å². The summed E-state index contributed by atoms with van der Waals surface area (Å²) < 4.78 is 46.7. The standard InChI is InChI=1S/C16H13ClFN5O3S/c1-26-15-9(3-2-6-19)7-21-16(22-15)23-27(24,25)12-8-20-14-10(12)4-5-11(17)13(14)18/h4-5,7-8,20H,2-3H2,1H3,(H,21,22,23). The zero-order valence-corrected chi connectivity index (χ0v) is 15.5. The molecule has 27 heavy (non-hydrogen) atoms. The summed E-state index contributed by atoms with van der Waals surface area (Å²) in [4.78, 5) is 10.4. The van der Waals surface area contributed by atoms with Crippen molar-refractivity contribution in [1.29, 1.82) is 5.26 Å². The lowest BCUT2D eigenvalue weighted by molar-refractivity contribution is 0.392. The van der Waals surface area contributed by atoms with Gasteiger partial charge in [-0.15, -0.1) is 0 Å². The minimum absolute atomic E-state index is 0.0202. The highest BCUT2D eigenvalue weighted by molar-refractivity contribution is 7.93. The van der Waals surface area contributed by atoms with Gasteiger partial charge in [0.25, 0.3) is 10.0 Å². The molecule has 0 spiro atoms. The van der Waals surface area contributed by atoms with Gasteiger partial charge >= 0.3 is 0 Å². The van der Waals surface area contributed by atoms with E-state index in [1.807, 2.05) is 6.07 Å². The molecule has 2 N–H and O–H groups in total. The second kappa shape index (κ2) is 7.38. The quantitative estimate of drug-likeness (QED) is 0.645. The Labute approximate surface area is 159 Å². The Balaban J connectivity index is 1.96. The van der Waals surface area contributed by atoms with Gasteiger partial charge in [-0.2, -0.15) is 10.2 Å². The number of halogens is 2. The molecule has 2 heterocycles. The van der Waals surface area contributed by atoms with Crippen molar-refractivity contribution in [3.8, 4) is 11.9 Å². The Morgan fingerprint density at radius 3 is 2.93 bits per heavy atom. The molecule has 0 fully saturated rings. The number of nitriles is 1. The molecule has 0 atom stereocenters. The van der Waals surface area contributed by atoms with Crippen LogP contribution in [-0.4, -0.2) is 30.5 Å². The van der Waals surface area contributed by atoms with Crippen molar-refractivity contribution < 1.29 is 17.5 Å². The molecule has 11 heteroatoms. The van der Waals surface area contributed by atoms with Gasteiger partial charge in [-0.3, -0.25) is 0 Å². The molecule has 3 rings (SSSR count). The number of aromatic nitrogens is 3. The SMILES string of the molecule is COc1nc(NS(=O)(=O)c2c[nH]c3c(F)c(Cl)ccc23)ncc1CCC#N. The molecule has 0 radical (unpaired) electrons. The van der Waals surface area contributed by atoms with E-state index in [-0.39, 0.29) is 39.1 Å². The summed E-state index contributed by atoms with van der Waals surface area (Å²) in [7, 11) is -2.73. The zero-order valence-electron chi connectivity index (χ0n) is 14.0. The molecule has 0 bridgehead atoms. The van der Waals surface area contributed by atoms with Gasteiger partial charge in [0.15, 0.2) is 5.82 Å². The molecule has 0 amide bonds. The summed E-state index contributed by atoms with van der Waals surface area (Å²) in [6.45, 7) is 0. The average Bonchev–Trinajstić information content (AvgIpc) is 3.09. The number of anilines is 1. The van der Waals surface area contributed by atoms with Crippen LogP contribution in [0.5, 0.6) is 5.88 Å². The number of hydrogen-bond donors (Lipinski definition) is 2. The van der Waals surface area contributed by atoms with E-state index < -0.39 is 15.8 Å². The van der Waals surface area contributed by atoms with Crippen LogP contribution in [0.3, 0.4) is 0 Å². The Bertz CT molecular complexity index is 1160. The van der Waals surface area contributed by atoms with E-state index >= 15 is 0 Å². The van der Waals surface area contributed by atoms with Crippen molar-refractivity contribution >= 4 is 38.5 Å². The van der Waals surface area contributed by atoms with Crippen molar-refractivity contribution in [2.24, 2.45) is 0 Å². The van der Waals surface area contributed by atoms with E-state index in [1.165, 1.54) is 25.4 Å². The molecule has 8 nitrogen and oxygen atoms in total. The molecule has 0 saturated carbocycles. The van der Waals surface area contributed by atoms with Crippen LogP contribution in [0, 0.1) is 17.1 Å². The van der Waals surface area contributed by atoms with Crippen LogP contribution in [0.2, 0.25) is 5.02 Å². The molecule has 2 aromatic heterocycles. The van der Waals surface area contributed by atoms with Crippen LogP contribution in [0.15, 0.2) is 29.4 Å². The Kier molecular flexibility index (Phi) is 5.16. The number of benzene rings is 1. The number of rotatable bonds is 6. The zero-order chi connectivity index (χ0) is 19.6. The van der Waals surface area contributed by atoms with Crippen molar-refractivity contribution in [3.05, 3.63) is 40.9 Å². The van der Waals surface area contributed by atoms with Crippen LogP contribution in [0.25, 0.3) is 10.9 Å². The predicted octanol–water partition coefficient (Wildman–Crippen LogP) is 3.02. The molecule has 0 aliphatic rings.